The van der Waals surface area contributed by atoms with E-state index in [1.165, 1.54) is 35.5 Å². The highest BCUT2D eigenvalue weighted by Gasteiger charge is 2.31. The Morgan fingerprint density at radius 3 is 2.14 bits per heavy atom. The average molecular weight is 415 g/mol. The van der Waals surface area contributed by atoms with E-state index >= 15 is 0 Å². The second-order valence-electron chi connectivity index (χ2n) is 7.85. The highest BCUT2D eigenvalue weighted by atomic mass is 32.2. The van der Waals surface area contributed by atoms with E-state index in [-0.39, 0.29) is 10.7 Å². The quantitative estimate of drug-likeness (QED) is 0.754. The van der Waals surface area contributed by atoms with Crippen LogP contribution < -0.4 is 5.32 Å². The number of rotatable bonds is 5. The van der Waals surface area contributed by atoms with Crippen molar-refractivity contribution in [2.45, 2.75) is 32.1 Å². The van der Waals surface area contributed by atoms with Crippen molar-refractivity contribution in [3.63, 3.8) is 0 Å². The van der Waals surface area contributed by atoms with E-state index in [0.717, 1.165) is 6.42 Å². The zero-order valence-corrected chi connectivity index (χ0v) is 17.7. The SMILES string of the molecule is CC(=O)c1ccccc1NC(=O)c1ccc(S(=O)(=O)N2CC(C)CC(C)C2)cc1. The number of Topliss-reactive ketones (excluding diaryl/α,β-unsaturated/α-hetero) is 1. The van der Waals surface area contributed by atoms with E-state index in [1.807, 2.05) is 0 Å². The molecule has 1 saturated heterocycles. The molecule has 0 bridgehead atoms. The van der Waals surface area contributed by atoms with Gasteiger partial charge in [-0.1, -0.05) is 26.0 Å². The van der Waals surface area contributed by atoms with E-state index in [1.54, 1.807) is 24.3 Å². The van der Waals surface area contributed by atoms with Crippen molar-refractivity contribution in [2.24, 2.45) is 11.8 Å². The summed E-state index contributed by atoms with van der Waals surface area (Å²) in [6, 6.07) is 12.7. The van der Waals surface area contributed by atoms with Crippen molar-refractivity contribution in [2.75, 3.05) is 18.4 Å². The third kappa shape index (κ3) is 4.74. The van der Waals surface area contributed by atoms with Crippen LogP contribution in [-0.4, -0.2) is 37.5 Å². The Morgan fingerprint density at radius 1 is 0.966 bits per heavy atom. The maximum absolute atomic E-state index is 13.0. The summed E-state index contributed by atoms with van der Waals surface area (Å²) in [5, 5.41) is 2.72. The molecule has 0 spiro atoms. The molecule has 7 heteroatoms. The molecule has 2 aromatic rings. The molecule has 154 valence electrons. The van der Waals surface area contributed by atoms with Crippen molar-refractivity contribution in [1.29, 1.82) is 0 Å². The maximum Gasteiger partial charge on any atom is 0.255 e. The summed E-state index contributed by atoms with van der Waals surface area (Å²) in [5.41, 5.74) is 1.18. The molecule has 0 aliphatic carbocycles. The van der Waals surface area contributed by atoms with Crippen molar-refractivity contribution >= 4 is 27.4 Å². The van der Waals surface area contributed by atoms with Gasteiger partial charge in [0.15, 0.2) is 5.78 Å². The number of hydrogen-bond acceptors (Lipinski definition) is 4. The van der Waals surface area contributed by atoms with Gasteiger partial charge < -0.3 is 5.32 Å². The van der Waals surface area contributed by atoms with Gasteiger partial charge in [0.2, 0.25) is 10.0 Å². The van der Waals surface area contributed by atoms with Crippen LogP contribution in [-0.2, 0) is 10.0 Å². The molecule has 2 unspecified atom stereocenters. The number of sulfonamides is 1. The van der Waals surface area contributed by atoms with E-state index in [4.69, 9.17) is 0 Å². The van der Waals surface area contributed by atoms with E-state index in [9.17, 15) is 18.0 Å². The number of piperidine rings is 1. The van der Waals surface area contributed by atoms with Gasteiger partial charge in [-0.2, -0.15) is 4.31 Å². The topological polar surface area (TPSA) is 83.5 Å². The Morgan fingerprint density at radius 2 is 1.55 bits per heavy atom. The van der Waals surface area contributed by atoms with Gasteiger partial charge in [-0.25, -0.2) is 8.42 Å². The third-order valence-electron chi connectivity index (χ3n) is 5.14. The summed E-state index contributed by atoms with van der Waals surface area (Å²) >= 11 is 0. The van der Waals surface area contributed by atoms with Crippen molar-refractivity contribution < 1.29 is 18.0 Å². The summed E-state index contributed by atoms with van der Waals surface area (Å²) < 4.78 is 27.4. The van der Waals surface area contributed by atoms with Gasteiger partial charge in [0, 0.05) is 24.2 Å². The molecule has 1 heterocycles. The Kier molecular flexibility index (Phi) is 6.19. The molecule has 0 saturated carbocycles. The molecule has 29 heavy (non-hydrogen) atoms. The van der Waals surface area contributed by atoms with Crippen LogP contribution in [0.4, 0.5) is 5.69 Å². The predicted octanol–water partition coefficient (Wildman–Crippen LogP) is 3.81. The van der Waals surface area contributed by atoms with Gasteiger partial charge in [0.05, 0.1) is 10.6 Å². The Balaban J connectivity index is 1.78. The number of benzene rings is 2. The van der Waals surface area contributed by atoms with Crippen LogP contribution in [0, 0.1) is 11.8 Å². The fourth-order valence-electron chi connectivity index (χ4n) is 3.82. The number of carbonyl (C=O) groups excluding carboxylic acids is 2. The lowest BCUT2D eigenvalue weighted by Gasteiger charge is -2.34. The molecule has 6 nitrogen and oxygen atoms in total. The smallest absolute Gasteiger partial charge is 0.255 e. The Bertz CT molecular complexity index is 1010. The average Bonchev–Trinajstić information content (AvgIpc) is 2.67. The van der Waals surface area contributed by atoms with Gasteiger partial charge in [-0.3, -0.25) is 9.59 Å². The first-order chi connectivity index (χ1) is 13.7. The summed E-state index contributed by atoms with van der Waals surface area (Å²) in [5.74, 6) is 0.0926. The van der Waals surface area contributed by atoms with Crippen molar-refractivity contribution in [1.82, 2.24) is 4.31 Å². The predicted molar refractivity (Wildman–Crippen MR) is 113 cm³/mol. The number of hydrogen-bond donors (Lipinski definition) is 1. The molecule has 2 aromatic carbocycles. The van der Waals surface area contributed by atoms with Crippen LogP contribution in [0.25, 0.3) is 0 Å². The Labute approximate surface area is 172 Å². The van der Waals surface area contributed by atoms with Gasteiger partial charge in [-0.05, 0) is 61.6 Å². The highest BCUT2D eigenvalue weighted by Crippen LogP contribution is 2.27. The summed E-state index contributed by atoms with van der Waals surface area (Å²) in [6.45, 7) is 6.58. The first kappa shape index (κ1) is 21.2. The minimum absolute atomic E-state index is 0.146. The lowest BCUT2D eigenvalue weighted by Crippen LogP contribution is -2.42. The van der Waals surface area contributed by atoms with Crippen LogP contribution >= 0.6 is 0 Å². The molecular weight excluding hydrogens is 388 g/mol. The van der Waals surface area contributed by atoms with Gasteiger partial charge >= 0.3 is 0 Å². The molecule has 1 aliphatic heterocycles. The molecule has 2 atom stereocenters. The van der Waals surface area contributed by atoms with Gasteiger partial charge in [-0.15, -0.1) is 0 Å². The standard InChI is InChI=1S/C22H26N2O4S/c1-15-12-16(2)14-24(13-15)29(27,28)19-10-8-18(9-11-19)22(26)23-21-7-5-4-6-20(21)17(3)25/h4-11,15-16H,12-14H2,1-3H3,(H,23,26). The van der Waals surface area contributed by atoms with Crippen molar-refractivity contribution in [3.8, 4) is 0 Å². The third-order valence-corrected chi connectivity index (χ3v) is 6.99. The first-order valence-corrected chi connectivity index (χ1v) is 11.1. The van der Waals surface area contributed by atoms with Crippen LogP contribution in [0.1, 0.15) is 47.9 Å². The number of anilines is 1. The zero-order valence-electron chi connectivity index (χ0n) is 16.9. The monoisotopic (exact) mass is 414 g/mol. The molecule has 1 N–H and O–H groups in total. The second kappa shape index (κ2) is 8.47. The first-order valence-electron chi connectivity index (χ1n) is 9.70. The molecule has 3 rings (SSSR count). The zero-order chi connectivity index (χ0) is 21.2. The lowest BCUT2D eigenvalue weighted by atomic mass is 9.94. The molecular formula is C22H26N2O4S. The molecule has 1 aliphatic rings. The highest BCUT2D eigenvalue weighted by molar-refractivity contribution is 7.89. The number of nitrogens with one attached hydrogen (secondary N) is 1. The van der Waals surface area contributed by atoms with E-state index < -0.39 is 15.9 Å². The molecule has 0 aromatic heterocycles. The fraction of sp³-hybridized carbons (Fsp3) is 0.364. The van der Waals surface area contributed by atoms with Crippen LogP contribution in [0.2, 0.25) is 0 Å². The summed E-state index contributed by atoms with van der Waals surface area (Å²) in [7, 11) is -3.59. The largest absolute Gasteiger partial charge is 0.321 e. The number of para-hydroxylation sites is 1. The molecule has 1 amide bonds. The number of nitrogens with zero attached hydrogens (tertiary/aromatic N) is 1. The lowest BCUT2D eigenvalue weighted by molar-refractivity contribution is 0.101. The molecule has 0 radical (unpaired) electrons. The number of carbonyl (C=O) groups is 2. The fourth-order valence-corrected chi connectivity index (χ4v) is 5.50. The van der Waals surface area contributed by atoms with Crippen molar-refractivity contribution in [3.05, 3.63) is 59.7 Å². The second-order valence-corrected chi connectivity index (χ2v) is 9.79. The number of ketones is 1. The van der Waals surface area contributed by atoms with Crippen LogP contribution in [0.5, 0.6) is 0 Å². The minimum Gasteiger partial charge on any atom is -0.321 e. The minimum atomic E-state index is -3.59. The van der Waals surface area contributed by atoms with Crippen LogP contribution in [0.3, 0.4) is 0 Å². The molecule has 1 fully saturated rings. The normalized spacial score (nSPS) is 20.2. The Hall–Kier alpha value is -2.51. The van der Waals surface area contributed by atoms with Crippen LogP contribution in [0.15, 0.2) is 53.4 Å². The van der Waals surface area contributed by atoms with E-state index in [0.29, 0.717) is 41.7 Å². The summed E-state index contributed by atoms with van der Waals surface area (Å²) in [6.07, 6.45) is 1.02. The maximum atomic E-state index is 13.0. The number of amides is 1. The summed E-state index contributed by atoms with van der Waals surface area (Å²) in [4.78, 5) is 24.4. The van der Waals surface area contributed by atoms with Gasteiger partial charge in [0.1, 0.15) is 0 Å². The van der Waals surface area contributed by atoms with Gasteiger partial charge in [0.25, 0.3) is 5.91 Å². The van der Waals surface area contributed by atoms with E-state index in [2.05, 4.69) is 19.2 Å².